The molecule has 0 aromatic heterocycles. The minimum Gasteiger partial charge on any atom is -0.497 e. The number of methoxy groups -OCH3 is 1. The second-order valence-corrected chi connectivity index (χ2v) is 7.78. The van der Waals surface area contributed by atoms with Crippen molar-refractivity contribution in [1.82, 2.24) is 9.21 Å². The molecule has 0 radical (unpaired) electrons. The van der Waals surface area contributed by atoms with E-state index in [0.29, 0.717) is 11.3 Å². The standard InChI is InChI=1S/C15H18N2O6S/c1-10-3-4-12(22-2)5-13(10)24(20,21)16-6-11(7-16)8-17-14(18)9-23-15(17)19/h3-5,11H,6-9H2,1-2H3. The maximum Gasteiger partial charge on any atom is 0.417 e. The molecule has 1 aromatic rings. The topological polar surface area (TPSA) is 93.2 Å². The molecule has 2 fully saturated rings. The van der Waals surface area contributed by atoms with Gasteiger partial charge in [-0.1, -0.05) is 6.07 Å². The Balaban J connectivity index is 1.68. The predicted octanol–water partition coefficient (Wildman–Crippen LogP) is 0.603. The number of carbonyl (C=O) groups is 2. The molecule has 2 aliphatic heterocycles. The molecule has 2 aliphatic rings. The van der Waals surface area contributed by atoms with Crippen molar-refractivity contribution < 1.29 is 27.5 Å². The van der Waals surface area contributed by atoms with Gasteiger partial charge in [-0.15, -0.1) is 0 Å². The molecule has 1 aromatic carbocycles. The number of cyclic esters (lactones) is 1. The van der Waals surface area contributed by atoms with E-state index in [0.717, 1.165) is 4.90 Å². The number of rotatable bonds is 5. The Bertz CT molecular complexity index is 769. The zero-order valence-corrected chi connectivity index (χ0v) is 14.2. The normalized spacial score (nSPS) is 19.3. The van der Waals surface area contributed by atoms with Crippen LogP contribution in [0.1, 0.15) is 5.56 Å². The van der Waals surface area contributed by atoms with Crippen molar-refractivity contribution in [2.24, 2.45) is 5.92 Å². The highest BCUT2D eigenvalue weighted by molar-refractivity contribution is 7.89. The Hall–Kier alpha value is -2.13. The van der Waals surface area contributed by atoms with Crippen molar-refractivity contribution in [2.45, 2.75) is 11.8 Å². The molecule has 8 nitrogen and oxygen atoms in total. The molecule has 0 spiro atoms. The average molecular weight is 354 g/mol. The Morgan fingerprint density at radius 2 is 2.00 bits per heavy atom. The molecule has 0 aliphatic carbocycles. The van der Waals surface area contributed by atoms with Crippen molar-refractivity contribution in [3.63, 3.8) is 0 Å². The molecule has 24 heavy (non-hydrogen) atoms. The van der Waals surface area contributed by atoms with E-state index in [9.17, 15) is 18.0 Å². The summed E-state index contributed by atoms with van der Waals surface area (Å²) in [6, 6.07) is 4.90. The van der Waals surface area contributed by atoms with E-state index < -0.39 is 16.1 Å². The van der Waals surface area contributed by atoms with Gasteiger partial charge in [-0.3, -0.25) is 4.79 Å². The van der Waals surface area contributed by atoms with E-state index in [-0.39, 0.29) is 43.0 Å². The van der Waals surface area contributed by atoms with Crippen LogP contribution in [0.2, 0.25) is 0 Å². The van der Waals surface area contributed by atoms with Gasteiger partial charge in [0.2, 0.25) is 10.0 Å². The monoisotopic (exact) mass is 354 g/mol. The third-order valence-corrected chi connectivity index (χ3v) is 6.19. The number of amides is 2. The van der Waals surface area contributed by atoms with Gasteiger partial charge in [-0.25, -0.2) is 18.1 Å². The molecular weight excluding hydrogens is 336 g/mol. The molecule has 130 valence electrons. The molecule has 0 bridgehead atoms. The highest BCUT2D eigenvalue weighted by Gasteiger charge is 2.41. The molecule has 2 amide bonds. The van der Waals surface area contributed by atoms with E-state index >= 15 is 0 Å². The van der Waals surface area contributed by atoms with Crippen LogP contribution in [-0.2, 0) is 19.6 Å². The highest BCUT2D eigenvalue weighted by Crippen LogP contribution is 2.30. The van der Waals surface area contributed by atoms with Crippen molar-refractivity contribution in [2.75, 3.05) is 33.4 Å². The number of carbonyl (C=O) groups excluding carboxylic acids is 2. The van der Waals surface area contributed by atoms with Crippen LogP contribution in [0, 0.1) is 12.8 Å². The summed E-state index contributed by atoms with van der Waals surface area (Å²) in [7, 11) is -2.15. The van der Waals surface area contributed by atoms with Crippen molar-refractivity contribution in [3.05, 3.63) is 23.8 Å². The summed E-state index contributed by atoms with van der Waals surface area (Å²) in [4.78, 5) is 24.2. The van der Waals surface area contributed by atoms with E-state index in [2.05, 4.69) is 4.74 Å². The fraction of sp³-hybridized carbons (Fsp3) is 0.467. The number of nitrogens with zero attached hydrogens (tertiary/aromatic N) is 2. The lowest BCUT2D eigenvalue weighted by molar-refractivity contribution is -0.126. The van der Waals surface area contributed by atoms with Gasteiger partial charge in [0.25, 0.3) is 5.91 Å². The summed E-state index contributed by atoms with van der Waals surface area (Å²) in [5.41, 5.74) is 0.637. The molecular formula is C15H18N2O6S. The van der Waals surface area contributed by atoms with E-state index in [1.165, 1.54) is 17.5 Å². The molecule has 0 unspecified atom stereocenters. The summed E-state index contributed by atoms with van der Waals surface area (Å²) in [6.45, 7) is 2.19. The van der Waals surface area contributed by atoms with Crippen LogP contribution in [0.3, 0.4) is 0 Å². The lowest BCUT2D eigenvalue weighted by atomic mass is 10.0. The van der Waals surface area contributed by atoms with E-state index in [1.807, 2.05) is 0 Å². The average Bonchev–Trinajstić information content (AvgIpc) is 2.81. The van der Waals surface area contributed by atoms with Gasteiger partial charge in [-0.05, 0) is 18.6 Å². The summed E-state index contributed by atoms with van der Waals surface area (Å²) >= 11 is 0. The first-order chi connectivity index (χ1) is 11.3. The van der Waals surface area contributed by atoms with Crippen LogP contribution in [0.4, 0.5) is 4.79 Å². The third kappa shape index (κ3) is 2.84. The SMILES string of the molecule is COc1ccc(C)c(S(=O)(=O)N2CC(CN3C(=O)COC3=O)C2)c1. The Morgan fingerprint density at radius 3 is 2.58 bits per heavy atom. The maximum absolute atomic E-state index is 12.7. The van der Waals surface area contributed by atoms with Crippen LogP contribution >= 0.6 is 0 Å². The molecule has 2 heterocycles. The smallest absolute Gasteiger partial charge is 0.417 e. The van der Waals surface area contributed by atoms with Gasteiger partial charge in [-0.2, -0.15) is 4.31 Å². The number of imide groups is 1. The number of ether oxygens (including phenoxy) is 2. The number of hydrogen-bond acceptors (Lipinski definition) is 6. The van der Waals surface area contributed by atoms with Crippen LogP contribution in [0.15, 0.2) is 23.1 Å². The summed E-state index contributed by atoms with van der Waals surface area (Å²) < 4.78 is 36.5. The maximum atomic E-state index is 12.7. The number of hydrogen-bond donors (Lipinski definition) is 0. The molecule has 0 N–H and O–H groups in total. The van der Waals surface area contributed by atoms with E-state index in [1.54, 1.807) is 19.1 Å². The van der Waals surface area contributed by atoms with Gasteiger partial charge in [0.1, 0.15) is 5.75 Å². The molecule has 3 rings (SSSR count). The van der Waals surface area contributed by atoms with Crippen molar-refractivity contribution in [1.29, 1.82) is 0 Å². The molecule has 2 saturated heterocycles. The van der Waals surface area contributed by atoms with Gasteiger partial charge in [0.15, 0.2) is 6.61 Å². The minimum absolute atomic E-state index is 0.0831. The Morgan fingerprint density at radius 1 is 1.29 bits per heavy atom. The lowest BCUT2D eigenvalue weighted by Gasteiger charge is -2.39. The van der Waals surface area contributed by atoms with Crippen LogP contribution in [-0.4, -0.2) is 63.0 Å². The van der Waals surface area contributed by atoms with E-state index in [4.69, 9.17) is 4.74 Å². The van der Waals surface area contributed by atoms with Gasteiger partial charge < -0.3 is 9.47 Å². The first kappa shape index (κ1) is 16.7. The van der Waals surface area contributed by atoms with Crippen LogP contribution < -0.4 is 4.74 Å². The van der Waals surface area contributed by atoms with Crippen molar-refractivity contribution >= 4 is 22.0 Å². The van der Waals surface area contributed by atoms with Gasteiger partial charge >= 0.3 is 6.09 Å². The number of sulfonamides is 1. The lowest BCUT2D eigenvalue weighted by Crippen LogP contribution is -2.54. The predicted molar refractivity (Wildman–Crippen MR) is 83.0 cm³/mol. The van der Waals surface area contributed by atoms with Gasteiger partial charge in [0, 0.05) is 31.6 Å². The number of benzene rings is 1. The Labute approximate surface area is 140 Å². The largest absolute Gasteiger partial charge is 0.497 e. The third-order valence-electron chi connectivity index (χ3n) is 4.22. The summed E-state index contributed by atoms with van der Waals surface area (Å²) in [5.74, 6) is 0.00638. The number of aryl methyl sites for hydroxylation is 1. The quantitative estimate of drug-likeness (QED) is 0.769. The summed E-state index contributed by atoms with van der Waals surface area (Å²) in [5, 5.41) is 0. The molecule has 9 heteroatoms. The molecule has 0 atom stereocenters. The fourth-order valence-electron chi connectivity index (χ4n) is 2.77. The first-order valence-corrected chi connectivity index (χ1v) is 8.89. The zero-order chi connectivity index (χ0) is 17.5. The zero-order valence-electron chi connectivity index (χ0n) is 13.4. The van der Waals surface area contributed by atoms with Gasteiger partial charge in [0.05, 0.1) is 12.0 Å². The van der Waals surface area contributed by atoms with Crippen LogP contribution in [0.25, 0.3) is 0 Å². The van der Waals surface area contributed by atoms with Crippen LogP contribution in [0.5, 0.6) is 5.75 Å². The fourth-order valence-corrected chi connectivity index (χ4v) is 4.61. The molecule has 0 saturated carbocycles. The highest BCUT2D eigenvalue weighted by atomic mass is 32.2. The first-order valence-electron chi connectivity index (χ1n) is 7.45. The second kappa shape index (κ2) is 6.06. The minimum atomic E-state index is -3.63. The summed E-state index contributed by atoms with van der Waals surface area (Å²) in [6.07, 6.45) is -0.662. The van der Waals surface area contributed by atoms with Crippen molar-refractivity contribution in [3.8, 4) is 5.75 Å². The second-order valence-electron chi connectivity index (χ2n) is 5.88. The Kier molecular flexibility index (Phi) is 4.22.